The van der Waals surface area contributed by atoms with Gasteiger partial charge in [-0.15, -0.1) is 0 Å². The van der Waals surface area contributed by atoms with Crippen molar-refractivity contribution in [3.8, 4) is 0 Å². The van der Waals surface area contributed by atoms with E-state index in [0.29, 0.717) is 36.9 Å². The molecule has 1 unspecified atom stereocenters. The summed E-state index contributed by atoms with van der Waals surface area (Å²) in [4.78, 5) is 22.5. The summed E-state index contributed by atoms with van der Waals surface area (Å²) in [5.41, 5.74) is 0. The number of Topliss-reactive ketones (excluding diaryl/α,β-unsaturated/α-hetero) is 1. The van der Waals surface area contributed by atoms with Gasteiger partial charge in [-0.3, -0.25) is 9.59 Å². The summed E-state index contributed by atoms with van der Waals surface area (Å²) in [5, 5.41) is 2.59. The highest BCUT2D eigenvalue weighted by Crippen LogP contribution is 2.12. The molecule has 15 heavy (non-hydrogen) atoms. The molecule has 0 aliphatic heterocycles. The number of hydrogen-bond acceptors (Lipinski definition) is 2. The van der Waals surface area contributed by atoms with E-state index in [2.05, 4.69) is 5.32 Å². The van der Waals surface area contributed by atoms with E-state index in [1.807, 2.05) is 20.8 Å². The first-order chi connectivity index (χ1) is 6.95. The minimum atomic E-state index is 0.0545. The lowest BCUT2D eigenvalue weighted by Gasteiger charge is -2.10. The van der Waals surface area contributed by atoms with Crippen LogP contribution in [-0.4, -0.2) is 18.7 Å². The number of hydrogen-bond donors (Lipinski definition) is 1. The van der Waals surface area contributed by atoms with Crippen LogP contribution in [0.5, 0.6) is 0 Å². The largest absolute Gasteiger partial charge is 0.359 e. The second-order valence-corrected chi connectivity index (χ2v) is 4.66. The van der Waals surface area contributed by atoms with Crippen molar-refractivity contribution in [1.29, 1.82) is 0 Å². The van der Waals surface area contributed by atoms with Crippen LogP contribution in [0.25, 0.3) is 0 Å². The maximum absolute atomic E-state index is 11.4. The SMILES string of the molecule is CNC(=O)CC(C)CCC(=O)CC(C)C. The molecular weight excluding hydrogens is 190 g/mol. The Morgan fingerprint density at radius 3 is 2.20 bits per heavy atom. The zero-order chi connectivity index (χ0) is 11.8. The first-order valence-electron chi connectivity index (χ1n) is 5.68. The lowest BCUT2D eigenvalue weighted by molar-refractivity contribution is -0.123. The lowest BCUT2D eigenvalue weighted by Crippen LogP contribution is -2.20. The molecule has 1 amide bonds. The van der Waals surface area contributed by atoms with Crippen molar-refractivity contribution in [2.75, 3.05) is 7.05 Å². The minimum Gasteiger partial charge on any atom is -0.359 e. The van der Waals surface area contributed by atoms with Crippen LogP contribution in [-0.2, 0) is 9.59 Å². The van der Waals surface area contributed by atoms with Crippen molar-refractivity contribution < 1.29 is 9.59 Å². The molecule has 1 N–H and O–H groups in total. The normalized spacial score (nSPS) is 12.6. The fraction of sp³-hybridized carbons (Fsp3) is 0.833. The summed E-state index contributed by atoms with van der Waals surface area (Å²) >= 11 is 0. The third kappa shape index (κ3) is 8.16. The van der Waals surface area contributed by atoms with E-state index < -0.39 is 0 Å². The van der Waals surface area contributed by atoms with E-state index >= 15 is 0 Å². The van der Waals surface area contributed by atoms with Crippen molar-refractivity contribution in [1.82, 2.24) is 5.32 Å². The molecule has 0 aromatic heterocycles. The van der Waals surface area contributed by atoms with Crippen LogP contribution in [0.15, 0.2) is 0 Å². The fourth-order valence-electron chi connectivity index (χ4n) is 1.49. The van der Waals surface area contributed by atoms with Crippen LogP contribution in [0, 0.1) is 11.8 Å². The summed E-state index contributed by atoms with van der Waals surface area (Å²) in [6.45, 7) is 6.11. The Kier molecular flexibility index (Phi) is 7.01. The molecule has 0 aromatic rings. The van der Waals surface area contributed by atoms with Crippen LogP contribution in [0.3, 0.4) is 0 Å². The van der Waals surface area contributed by atoms with E-state index in [1.54, 1.807) is 7.05 Å². The topological polar surface area (TPSA) is 46.2 Å². The van der Waals surface area contributed by atoms with Gasteiger partial charge in [0.15, 0.2) is 0 Å². The van der Waals surface area contributed by atoms with Crippen molar-refractivity contribution in [3.05, 3.63) is 0 Å². The van der Waals surface area contributed by atoms with E-state index in [0.717, 1.165) is 6.42 Å². The van der Waals surface area contributed by atoms with E-state index in [9.17, 15) is 9.59 Å². The van der Waals surface area contributed by atoms with Crippen molar-refractivity contribution in [2.24, 2.45) is 11.8 Å². The molecule has 0 rings (SSSR count). The highest BCUT2D eigenvalue weighted by Gasteiger charge is 2.11. The molecule has 0 bridgehead atoms. The van der Waals surface area contributed by atoms with Crippen molar-refractivity contribution in [3.63, 3.8) is 0 Å². The molecule has 0 aliphatic rings. The third-order valence-corrected chi connectivity index (χ3v) is 2.36. The van der Waals surface area contributed by atoms with E-state index in [-0.39, 0.29) is 5.91 Å². The second kappa shape index (κ2) is 7.43. The highest BCUT2D eigenvalue weighted by atomic mass is 16.1. The molecule has 0 heterocycles. The monoisotopic (exact) mass is 213 g/mol. The van der Waals surface area contributed by atoms with E-state index in [1.165, 1.54) is 0 Å². The molecule has 0 saturated heterocycles. The number of nitrogens with one attached hydrogen (secondary N) is 1. The van der Waals surface area contributed by atoms with Crippen molar-refractivity contribution >= 4 is 11.7 Å². The Morgan fingerprint density at radius 2 is 1.73 bits per heavy atom. The van der Waals surface area contributed by atoms with Crippen molar-refractivity contribution in [2.45, 2.75) is 46.5 Å². The van der Waals surface area contributed by atoms with Gasteiger partial charge >= 0.3 is 0 Å². The maximum Gasteiger partial charge on any atom is 0.220 e. The van der Waals surface area contributed by atoms with Gasteiger partial charge in [0.05, 0.1) is 0 Å². The van der Waals surface area contributed by atoms with Gasteiger partial charge in [-0.1, -0.05) is 20.8 Å². The maximum atomic E-state index is 11.4. The highest BCUT2D eigenvalue weighted by molar-refractivity contribution is 5.79. The van der Waals surface area contributed by atoms with Crippen LogP contribution in [0.1, 0.15) is 46.5 Å². The predicted molar refractivity (Wildman–Crippen MR) is 61.5 cm³/mol. The first-order valence-corrected chi connectivity index (χ1v) is 5.68. The third-order valence-electron chi connectivity index (χ3n) is 2.36. The minimum absolute atomic E-state index is 0.0545. The number of carbonyl (C=O) groups is 2. The summed E-state index contributed by atoms with van der Waals surface area (Å²) in [7, 11) is 1.64. The van der Waals surface area contributed by atoms with Gasteiger partial charge in [-0.25, -0.2) is 0 Å². The Bertz CT molecular complexity index is 212. The van der Waals surface area contributed by atoms with Gasteiger partial charge in [-0.05, 0) is 18.3 Å². The van der Waals surface area contributed by atoms with Crippen LogP contribution < -0.4 is 5.32 Å². The molecule has 0 spiro atoms. The van der Waals surface area contributed by atoms with Gasteiger partial charge in [0.25, 0.3) is 0 Å². The molecule has 1 atom stereocenters. The van der Waals surface area contributed by atoms with Gasteiger partial charge in [0, 0.05) is 26.3 Å². The standard InChI is InChI=1S/C12H23NO2/c1-9(2)7-11(14)6-5-10(3)8-12(15)13-4/h9-10H,5-8H2,1-4H3,(H,13,15). The second-order valence-electron chi connectivity index (χ2n) is 4.66. The Morgan fingerprint density at radius 1 is 1.13 bits per heavy atom. The molecular formula is C12H23NO2. The van der Waals surface area contributed by atoms with Crippen LogP contribution in [0.2, 0.25) is 0 Å². The number of ketones is 1. The summed E-state index contributed by atoms with van der Waals surface area (Å²) in [6.07, 6.45) is 2.60. The van der Waals surface area contributed by atoms with Gasteiger partial charge in [-0.2, -0.15) is 0 Å². The van der Waals surface area contributed by atoms with E-state index in [4.69, 9.17) is 0 Å². The number of carbonyl (C=O) groups excluding carboxylic acids is 2. The summed E-state index contributed by atoms with van der Waals surface area (Å²) in [6, 6.07) is 0. The zero-order valence-corrected chi connectivity index (χ0v) is 10.3. The Balaban J connectivity index is 3.66. The average molecular weight is 213 g/mol. The molecule has 88 valence electrons. The van der Waals surface area contributed by atoms with Crippen LogP contribution >= 0.6 is 0 Å². The zero-order valence-electron chi connectivity index (χ0n) is 10.3. The Labute approximate surface area is 92.6 Å². The lowest BCUT2D eigenvalue weighted by atomic mass is 9.96. The Hall–Kier alpha value is -0.860. The summed E-state index contributed by atoms with van der Waals surface area (Å²) in [5.74, 6) is 1.10. The van der Waals surface area contributed by atoms with Gasteiger partial charge in [0.2, 0.25) is 5.91 Å². The first kappa shape index (κ1) is 14.1. The fourth-order valence-corrected chi connectivity index (χ4v) is 1.49. The smallest absolute Gasteiger partial charge is 0.220 e. The molecule has 0 fully saturated rings. The molecule has 3 heteroatoms. The summed E-state index contributed by atoms with van der Waals surface area (Å²) < 4.78 is 0. The van der Waals surface area contributed by atoms with Gasteiger partial charge < -0.3 is 5.32 Å². The molecule has 0 saturated carbocycles. The molecule has 3 nitrogen and oxygen atoms in total. The molecule has 0 radical (unpaired) electrons. The van der Waals surface area contributed by atoms with Gasteiger partial charge in [0.1, 0.15) is 5.78 Å². The average Bonchev–Trinajstić information content (AvgIpc) is 2.13. The molecule has 0 aromatic carbocycles. The number of rotatable bonds is 7. The number of amides is 1. The van der Waals surface area contributed by atoms with Crippen LogP contribution in [0.4, 0.5) is 0 Å². The quantitative estimate of drug-likeness (QED) is 0.704. The predicted octanol–water partition coefficient (Wildman–Crippen LogP) is 2.15. The molecule has 0 aliphatic carbocycles.